The van der Waals surface area contributed by atoms with Crippen LogP contribution in [0.1, 0.15) is 32.1 Å². The van der Waals surface area contributed by atoms with Crippen LogP contribution in [0.25, 0.3) is 0 Å². The van der Waals surface area contributed by atoms with Gasteiger partial charge < -0.3 is 4.90 Å². The third kappa shape index (κ3) is 3.19. The molecule has 3 rings (SSSR count). The average molecular weight is 280 g/mol. The highest BCUT2D eigenvalue weighted by atomic mass is 16.2. The molecule has 2 heterocycles. The Morgan fingerprint density at radius 3 is 2.40 bits per heavy atom. The first-order valence-corrected chi connectivity index (χ1v) is 7.76. The van der Waals surface area contributed by atoms with Gasteiger partial charge in [0.1, 0.15) is 0 Å². The Bertz CT molecular complexity index is 343. The van der Waals surface area contributed by atoms with E-state index in [9.17, 15) is 9.59 Å². The first-order valence-electron chi connectivity index (χ1n) is 7.76. The van der Waals surface area contributed by atoms with Crippen molar-refractivity contribution in [3.63, 3.8) is 0 Å². The van der Waals surface area contributed by atoms with Crippen LogP contribution in [0.4, 0.5) is 0 Å². The summed E-state index contributed by atoms with van der Waals surface area (Å²) in [6.07, 6.45) is 4.44. The van der Waals surface area contributed by atoms with Crippen LogP contribution in [0, 0.1) is 0 Å². The zero-order valence-electron chi connectivity index (χ0n) is 12.0. The van der Waals surface area contributed by atoms with Gasteiger partial charge in [0.25, 0.3) is 0 Å². The zero-order chi connectivity index (χ0) is 13.9. The highest BCUT2D eigenvalue weighted by molar-refractivity contribution is 5.85. The number of ketones is 1. The maximum atomic E-state index is 11.6. The third-order valence-corrected chi connectivity index (χ3v) is 4.56. The van der Waals surface area contributed by atoms with E-state index in [-0.39, 0.29) is 6.04 Å². The summed E-state index contributed by atoms with van der Waals surface area (Å²) in [7, 11) is 0. The summed E-state index contributed by atoms with van der Waals surface area (Å²) in [4.78, 5) is 27.5. The minimum Gasteiger partial charge on any atom is -0.330 e. The lowest BCUT2D eigenvalue weighted by Gasteiger charge is -2.37. The van der Waals surface area contributed by atoms with Crippen molar-refractivity contribution in [1.82, 2.24) is 20.2 Å². The number of amides is 1. The highest BCUT2D eigenvalue weighted by Gasteiger charge is 2.28. The number of rotatable bonds is 4. The second-order valence-corrected chi connectivity index (χ2v) is 6.05. The summed E-state index contributed by atoms with van der Waals surface area (Å²) < 4.78 is 0. The Labute approximate surface area is 120 Å². The quantitative estimate of drug-likeness (QED) is 0.773. The van der Waals surface area contributed by atoms with E-state index < -0.39 is 0 Å². The van der Waals surface area contributed by atoms with Crippen molar-refractivity contribution in [1.29, 1.82) is 0 Å². The first kappa shape index (κ1) is 14.0. The standard InChI is InChI=1S/C14H24N4O2/c19-13-4-1-3-12(13)15-18-9-7-16(8-10-18)11-17-6-2-5-14(17)20/h12,15H,1-11H2. The van der Waals surface area contributed by atoms with Gasteiger partial charge in [-0.3, -0.25) is 14.5 Å². The van der Waals surface area contributed by atoms with Gasteiger partial charge in [-0.05, 0) is 19.3 Å². The number of likely N-dealkylation sites (tertiary alicyclic amines) is 1. The molecule has 0 spiro atoms. The fourth-order valence-electron chi connectivity index (χ4n) is 3.29. The van der Waals surface area contributed by atoms with Crippen LogP contribution in [0.15, 0.2) is 0 Å². The van der Waals surface area contributed by atoms with Gasteiger partial charge in [0, 0.05) is 45.6 Å². The van der Waals surface area contributed by atoms with Crippen LogP contribution in [0.5, 0.6) is 0 Å². The number of hydrogen-bond acceptors (Lipinski definition) is 5. The van der Waals surface area contributed by atoms with E-state index in [1.165, 1.54) is 0 Å². The minimum atomic E-state index is 0.0432. The number of piperazine rings is 1. The largest absolute Gasteiger partial charge is 0.330 e. The second kappa shape index (κ2) is 6.20. The lowest BCUT2D eigenvalue weighted by molar-refractivity contribution is -0.130. The van der Waals surface area contributed by atoms with E-state index in [2.05, 4.69) is 15.3 Å². The van der Waals surface area contributed by atoms with Gasteiger partial charge in [-0.2, -0.15) is 0 Å². The zero-order valence-corrected chi connectivity index (χ0v) is 12.0. The number of hydrazine groups is 1. The molecule has 3 aliphatic rings. The molecule has 0 radical (unpaired) electrons. The van der Waals surface area contributed by atoms with Crippen LogP contribution in [-0.2, 0) is 9.59 Å². The van der Waals surface area contributed by atoms with Crippen molar-refractivity contribution >= 4 is 11.7 Å². The molecule has 3 fully saturated rings. The molecule has 112 valence electrons. The van der Waals surface area contributed by atoms with Gasteiger partial charge >= 0.3 is 0 Å². The third-order valence-electron chi connectivity index (χ3n) is 4.56. The van der Waals surface area contributed by atoms with Gasteiger partial charge in [0.05, 0.1) is 12.7 Å². The van der Waals surface area contributed by atoms with E-state index in [0.29, 0.717) is 18.1 Å². The predicted molar refractivity (Wildman–Crippen MR) is 74.7 cm³/mol. The summed E-state index contributed by atoms with van der Waals surface area (Å²) in [5.74, 6) is 0.650. The molecule has 0 aromatic carbocycles. The Balaban J connectivity index is 1.40. The van der Waals surface area contributed by atoms with Crippen LogP contribution >= 0.6 is 0 Å². The Morgan fingerprint density at radius 1 is 1.00 bits per heavy atom. The molecule has 1 amide bonds. The minimum absolute atomic E-state index is 0.0432. The number of hydrogen-bond donors (Lipinski definition) is 1. The highest BCUT2D eigenvalue weighted by Crippen LogP contribution is 2.15. The SMILES string of the molecule is O=C1CCCC1NN1CCN(CN2CCCC2=O)CC1. The lowest BCUT2D eigenvalue weighted by atomic mass is 10.2. The normalized spacial score (nSPS) is 29.6. The van der Waals surface area contributed by atoms with E-state index in [1.54, 1.807) is 0 Å². The summed E-state index contributed by atoms with van der Waals surface area (Å²) in [5.41, 5.74) is 3.37. The summed E-state index contributed by atoms with van der Waals surface area (Å²) >= 11 is 0. The van der Waals surface area contributed by atoms with Crippen LogP contribution in [-0.4, -0.2) is 71.9 Å². The van der Waals surface area contributed by atoms with Crippen molar-refractivity contribution in [3.8, 4) is 0 Å². The van der Waals surface area contributed by atoms with Gasteiger partial charge in [-0.1, -0.05) is 0 Å². The molecule has 0 bridgehead atoms. The molecule has 6 nitrogen and oxygen atoms in total. The van der Waals surface area contributed by atoms with E-state index in [1.807, 2.05) is 4.90 Å². The number of carbonyl (C=O) groups excluding carboxylic acids is 2. The topological polar surface area (TPSA) is 55.9 Å². The van der Waals surface area contributed by atoms with Crippen molar-refractivity contribution in [2.24, 2.45) is 0 Å². The van der Waals surface area contributed by atoms with Gasteiger partial charge in [-0.15, -0.1) is 0 Å². The molecule has 2 saturated heterocycles. The van der Waals surface area contributed by atoms with Crippen molar-refractivity contribution in [2.75, 3.05) is 39.4 Å². The second-order valence-electron chi connectivity index (χ2n) is 6.05. The van der Waals surface area contributed by atoms with Crippen molar-refractivity contribution in [2.45, 2.75) is 38.1 Å². The molecule has 1 atom stereocenters. The summed E-state index contributed by atoms with van der Waals surface area (Å²) in [6.45, 7) is 5.44. The number of nitrogens with one attached hydrogen (secondary N) is 1. The monoisotopic (exact) mass is 280 g/mol. The summed E-state index contributed by atoms with van der Waals surface area (Å²) in [6, 6.07) is 0.0432. The molecule has 6 heteroatoms. The van der Waals surface area contributed by atoms with Crippen molar-refractivity contribution < 1.29 is 9.59 Å². The Hall–Kier alpha value is -0.980. The molecule has 1 unspecified atom stereocenters. The van der Waals surface area contributed by atoms with E-state index >= 15 is 0 Å². The predicted octanol–water partition coefficient (Wildman–Crippen LogP) is -0.190. The van der Waals surface area contributed by atoms with Gasteiger partial charge in [0.15, 0.2) is 5.78 Å². The van der Waals surface area contributed by atoms with E-state index in [0.717, 1.165) is 65.1 Å². The first-order chi connectivity index (χ1) is 9.72. The lowest BCUT2D eigenvalue weighted by Crippen LogP contribution is -2.56. The number of carbonyl (C=O) groups is 2. The van der Waals surface area contributed by atoms with Crippen LogP contribution in [0.3, 0.4) is 0 Å². The molecular weight excluding hydrogens is 256 g/mol. The van der Waals surface area contributed by atoms with Crippen molar-refractivity contribution in [3.05, 3.63) is 0 Å². The van der Waals surface area contributed by atoms with Crippen LogP contribution < -0.4 is 5.43 Å². The van der Waals surface area contributed by atoms with Gasteiger partial charge in [0.2, 0.25) is 5.91 Å². The average Bonchev–Trinajstić information content (AvgIpc) is 3.02. The maximum Gasteiger partial charge on any atom is 0.223 e. The Morgan fingerprint density at radius 2 is 1.80 bits per heavy atom. The maximum absolute atomic E-state index is 11.6. The number of Topliss-reactive ketones (excluding diaryl/α,β-unsaturated/α-hetero) is 1. The Kier molecular flexibility index (Phi) is 4.33. The molecule has 0 aromatic heterocycles. The summed E-state index contributed by atoms with van der Waals surface area (Å²) in [5, 5.41) is 2.18. The fraction of sp³-hybridized carbons (Fsp3) is 0.857. The van der Waals surface area contributed by atoms with E-state index in [4.69, 9.17) is 0 Å². The molecule has 1 aliphatic carbocycles. The molecule has 0 aromatic rings. The number of nitrogens with zero attached hydrogens (tertiary/aromatic N) is 3. The van der Waals surface area contributed by atoms with Crippen LogP contribution in [0.2, 0.25) is 0 Å². The molecule has 20 heavy (non-hydrogen) atoms. The van der Waals surface area contributed by atoms with Gasteiger partial charge in [-0.25, -0.2) is 10.4 Å². The molecular formula is C14H24N4O2. The smallest absolute Gasteiger partial charge is 0.223 e. The molecule has 2 aliphatic heterocycles. The fourth-order valence-corrected chi connectivity index (χ4v) is 3.29. The molecule has 1 saturated carbocycles. The molecule has 1 N–H and O–H groups in total.